The van der Waals surface area contributed by atoms with E-state index in [0.717, 1.165) is 41.1 Å². The molecule has 4 aromatic rings. The number of hydrogen-bond acceptors (Lipinski definition) is 3. The molecule has 0 spiro atoms. The summed E-state index contributed by atoms with van der Waals surface area (Å²) in [4.78, 5) is 0. The lowest BCUT2D eigenvalue weighted by Crippen LogP contribution is -2.32. The van der Waals surface area contributed by atoms with Crippen molar-refractivity contribution in [2.45, 2.75) is 46.0 Å². The summed E-state index contributed by atoms with van der Waals surface area (Å²) in [7, 11) is 0. The molecule has 3 heteroatoms. The minimum absolute atomic E-state index is 0.396. The zero-order valence-electron chi connectivity index (χ0n) is 29.9. The number of nitrogens with one attached hydrogen (secondary N) is 2. The number of allylic oxidation sites excluding steroid dienone is 11. The average molecular weight is 656 g/mol. The number of benzene rings is 4. The summed E-state index contributed by atoms with van der Waals surface area (Å²) in [5.41, 5.74) is 15.9. The molecule has 0 aromatic heterocycles. The van der Waals surface area contributed by atoms with Gasteiger partial charge >= 0.3 is 0 Å². The number of para-hydroxylation sites is 1. The molecule has 0 saturated carbocycles. The summed E-state index contributed by atoms with van der Waals surface area (Å²) in [6.07, 6.45) is 24.9. The standard InChI is InChI=1S/C43H37N3.2C2H6/c1-32-18-15-17-29-46(44-28-16-14-19-33(2)45-36-24-10-5-11-25-36)42-31-41-39(30-38(32)42)37-26-12-13-27-40(37)43(41,34-20-6-3-7-21-34)35-22-8-4-9-23-35;2*1-2/h3-8,10-22,24-31,44-45H,1-2,9,23H2;2*1-2H3/b18-15-,19-14-,28-16-,29-17-;;. The zero-order chi connectivity index (χ0) is 35.3. The van der Waals surface area contributed by atoms with Crippen LogP contribution in [0.1, 0.15) is 62.8 Å². The number of hydrazine groups is 1. The first-order valence-electron chi connectivity index (χ1n) is 17.8. The van der Waals surface area contributed by atoms with Gasteiger partial charge in [-0.05, 0) is 88.7 Å². The van der Waals surface area contributed by atoms with Gasteiger partial charge in [0, 0.05) is 29.3 Å². The Balaban J connectivity index is 0.00000117. The van der Waals surface area contributed by atoms with Crippen LogP contribution in [0.25, 0.3) is 16.7 Å². The monoisotopic (exact) mass is 655 g/mol. The number of hydrogen-bond donors (Lipinski definition) is 2. The summed E-state index contributed by atoms with van der Waals surface area (Å²) in [5, 5.41) is 5.39. The minimum Gasteiger partial charge on any atom is -0.356 e. The van der Waals surface area contributed by atoms with Gasteiger partial charge in [0.05, 0.1) is 11.1 Å². The van der Waals surface area contributed by atoms with Gasteiger partial charge < -0.3 is 10.7 Å². The highest BCUT2D eigenvalue weighted by molar-refractivity contribution is 5.93. The molecule has 7 rings (SSSR count). The third kappa shape index (κ3) is 7.13. The fourth-order valence-electron chi connectivity index (χ4n) is 6.90. The van der Waals surface area contributed by atoms with E-state index in [-0.39, 0.29) is 0 Å². The Labute approximate surface area is 299 Å². The van der Waals surface area contributed by atoms with E-state index in [1.165, 1.54) is 33.4 Å². The van der Waals surface area contributed by atoms with E-state index in [4.69, 9.17) is 0 Å². The van der Waals surface area contributed by atoms with E-state index in [9.17, 15) is 0 Å². The lowest BCUT2D eigenvalue weighted by Gasteiger charge is -2.37. The molecule has 2 N–H and O–H groups in total. The van der Waals surface area contributed by atoms with Crippen molar-refractivity contribution in [3.05, 3.63) is 211 Å². The van der Waals surface area contributed by atoms with Crippen LogP contribution in [0.5, 0.6) is 0 Å². The molecular weight excluding hydrogens is 607 g/mol. The van der Waals surface area contributed by atoms with Crippen molar-refractivity contribution in [3.63, 3.8) is 0 Å². The predicted octanol–water partition coefficient (Wildman–Crippen LogP) is 12.4. The maximum atomic E-state index is 4.48. The largest absolute Gasteiger partial charge is 0.356 e. The summed E-state index contributed by atoms with van der Waals surface area (Å²) in [6.45, 7) is 16.6. The molecule has 1 atom stereocenters. The van der Waals surface area contributed by atoms with Gasteiger partial charge in [-0.25, -0.2) is 0 Å². The number of nitrogens with zero attached hydrogens (tertiary/aromatic N) is 1. The Hall–Kier alpha value is -5.80. The molecule has 0 bridgehead atoms. The first-order chi connectivity index (χ1) is 24.7. The molecule has 0 saturated heterocycles. The molecule has 1 aliphatic heterocycles. The Morgan fingerprint density at radius 2 is 1.48 bits per heavy atom. The summed E-state index contributed by atoms with van der Waals surface area (Å²) >= 11 is 0. The molecule has 50 heavy (non-hydrogen) atoms. The predicted molar refractivity (Wildman–Crippen MR) is 218 cm³/mol. The van der Waals surface area contributed by atoms with Crippen molar-refractivity contribution in [1.82, 2.24) is 5.43 Å². The molecule has 0 radical (unpaired) electrons. The third-order valence-electron chi connectivity index (χ3n) is 8.91. The van der Waals surface area contributed by atoms with Crippen LogP contribution in [-0.2, 0) is 5.41 Å². The van der Waals surface area contributed by atoms with E-state index < -0.39 is 5.41 Å². The second kappa shape index (κ2) is 17.0. The fourth-order valence-corrected chi connectivity index (χ4v) is 6.90. The normalized spacial score (nSPS) is 18.2. The second-order valence-corrected chi connectivity index (χ2v) is 11.7. The number of rotatable bonds is 8. The van der Waals surface area contributed by atoms with Gasteiger partial charge in [-0.1, -0.05) is 156 Å². The number of anilines is 2. The minimum atomic E-state index is -0.396. The van der Waals surface area contributed by atoms with E-state index in [1.807, 2.05) is 94.6 Å². The Kier molecular flexibility index (Phi) is 12.1. The molecule has 3 aliphatic rings. The van der Waals surface area contributed by atoms with E-state index >= 15 is 0 Å². The van der Waals surface area contributed by atoms with E-state index in [1.54, 1.807) is 0 Å². The molecule has 1 heterocycles. The Morgan fingerprint density at radius 3 is 2.22 bits per heavy atom. The van der Waals surface area contributed by atoms with Crippen molar-refractivity contribution >= 4 is 16.9 Å². The van der Waals surface area contributed by atoms with Crippen molar-refractivity contribution < 1.29 is 0 Å². The van der Waals surface area contributed by atoms with Crippen LogP contribution in [0.3, 0.4) is 0 Å². The van der Waals surface area contributed by atoms with Crippen molar-refractivity contribution in [2.75, 3.05) is 10.3 Å². The average Bonchev–Trinajstić information content (AvgIpc) is 3.47. The van der Waals surface area contributed by atoms with Crippen LogP contribution in [0.2, 0.25) is 0 Å². The van der Waals surface area contributed by atoms with Gasteiger partial charge in [-0.15, -0.1) is 0 Å². The summed E-state index contributed by atoms with van der Waals surface area (Å²) in [5.74, 6) is 0. The smallest absolute Gasteiger partial charge is 0.0705 e. The van der Waals surface area contributed by atoms with Crippen LogP contribution < -0.4 is 15.8 Å². The van der Waals surface area contributed by atoms with Crippen molar-refractivity contribution in [2.24, 2.45) is 0 Å². The molecule has 1 unspecified atom stereocenters. The molecule has 252 valence electrons. The SMILES string of the molecule is C=C(/C=C\C=C/NN1/C=C\C=C/C(=C)c2cc3c(cc21)C(C1=CC=CCC1)(c1ccccc1)c1ccccc1-3)Nc1ccccc1.CC.CC. The Morgan fingerprint density at radius 1 is 0.760 bits per heavy atom. The third-order valence-corrected chi connectivity index (χ3v) is 8.91. The highest BCUT2D eigenvalue weighted by atomic mass is 15.5. The Bertz CT molecular complexity index is 1970. The number of fused-ring (bicyclic) bond motifs is 4. The maximum absolute atomic E-state index is 4.48. The van der Waals surface area contributed by atoms with Crippen LogP contribution >= 0.6 is 0 Å². The van der Waals surface area contributed by atoms with Crippen molar-refractivity contribution in [3.8, 4) is 11.1 Å². The molecule has 2 aliphatic carbocycles. The van der Waals surface area contributed by atoms with Crippen LogP contribution in [-0.4, -0.2) is 0 Å². The first-order valence-corrected chi connectivity index (χ1v) is 17.8. The van der Waals surface area contributed by atoms with Crippen LogP contribution in [0, 0.1) is 0 Å². The highest BCUT2D eigenvalue weighted by Gasteiger charge is 2.47. The fraction of sp³-hybridized carbons (Fsp3) is 0.149. The van der Waals surface area contributed by atoms with Gasteiger partial charge in [-0.2, -0.15) is 0 Å². The molecule has 4 aromatic carbocycles. The summed E-state index contributed by atoms with van der Waals surface area (Å²) < 4.78 is 0. The van der Waals surface area contributed by atoms with E-state index in [2.05, 4.69) is 126 Å². The second-order valence-electron chi connectivity index (χ2n) is 11.7. The molecule has 3 nitrogen and oxygen atoms in total. The van der Waals surface area contributed by atoms with Gasteiger partial charge in [0.15, 0.2) is 0 Å². The van der Waals surface area contributed by atoms with Crippen molar-refractivity contribution in [1.29, 1.82) is 0 Å². The van der Waals surface area contributed by atoms with Crippen LogP contribution in [0.15, 0.2) is 189 Å². The van der Waals surface area contributed by atoms with Gasteiger partial charge in [0.2, 0.25) is 0 Å². The maximum Gasteiger partial charge on any atom is 0.0705 e. The lowest BCUT2D eigenvalue weighted by molar-refractivity contribution is 0.692. The van der Waals surface area contributed by atoms with Gasteiger partial charge in [0.25, 0.3) is 0 Å². The van der Waals surface area contributed by atoms with Crippen LogP contribution in [0.4, 0.5) is 11.4 Å². The summed E-state index contributed by atoms with van der Waals surface area (Å²) in [6, 6.07) is 34.7. The molecular formula is C47H49N3. The lowest BCUT2D eigenvalue weighted by atomic mass is 9.65. The molecule has 0 amide bonds. The van der Waals surface area contributed by atoms with Gasteiger partial charge in [-0.3, -0.25) is 5.01 Å². The zero-order valence-corrected chi connectivity index (χ0v) is 29.9. The molecule has 0 fully saturated rings. The first kappa shape index (κ1) is 35.5. The van der Waals surface area contributed by atoms with Gasteiger partial charge in [0.1, 0.15) is 0 Å². The highest BCUT2D eigenvalue weighted by Crippen LogP contribution is 2.58. The quantitative estimate of drug-likeness (QED) is 0.185. The van der Waals surface area contributed by atoms with E-state index in [0.29, 0.717) is 0 Å². The topological polar surface area (TPSA) is 27.3 Å².